The summed E-state index contributed by atoms with van der Waals surface area (Å²) in [7, 11) is -5.04. The van der Waals surface area contributed by atoms with Crippen LogP contribution >= 0.6 is 7.82 Å². The molecule has 0 saturated heterocycles. The predicted molar refractivity (Wildman–Crippen MR) is 138 cm³/mol. The van der Waals surface area contributed by atoms with E-state index in [2.05, 4.69) is 0 Å². The third-order valence-electron chi connectivity index (χ3n) is 6.05. The van der Waals surface area contributed by atoms with Crippen molar-refractivity contribution in [2.45, 2.75) is 52.4 Å². The van der Waals surface area contributed by atoms with Crippen LogP contribution in [0.1, 0.15) is 43.9 Å². The summed E-state index contributed by atoms with van der Waals surface area (Å²) in [6.07, 6.45) is 0.544. The fraction of sp³-hybridized carbons (Fsp3) is 0.321. The van der Waals surface area contributed by atoms with E-state index in [-0.39, 0.29) is 25.3 Å². The van der Waals surface area contributed by atoms with Crippen LogP contribution in [0.3, 0.4) is 0 Å². The van der Waals surface area contributed by atoms with Gasteiger partial charge in [-0.25, -0.2) is 14.5 Å². The first-order valence-corrected chi connectivity index (χ1v) is 13.4. The molecule has 2 N–H and O–H groups in total. The Labute approximate surface area is 212 Å². The Kier molecular flexibility index (Phi) is 9.23. The van der Waals surface area contributed by atoms with Crippen molar-refractivity contribution in [2.24, 2.45) is 5.41 Å². The van der Waals surface area contributed by atoms with Crippen molar-refractivity contribution in [2.75, 3.05) is 0 Å². The Morgan fingerprint density at radius 3 is 1.61 bits per heavy atom. The van der Waals surface area contributed by atoms with Crippen LogP contribution in [0.25, 0.3) is 0 Å². The number of hydroxylamine groups is 2. The third kappa shape index (κ3) is 8.12. The number of hydrogen-bond donors (Lipinski definition) is 2. The Hall–Kier alpha value is -2.80. The van der Waals surface area contributed by atoms with Crippen LogP contribution in [0.5, 0.6) is 0 Å². The lowest BCUT2D eigenvalue weighted by atomic mass is 9.89. The van der Waals surface area contributed by atoms with Gasteiger partial charge >= 0.3 is 7.82 Å². The van der Waals surface area contributed by atoms with Gasteiger partial charge in [0.05, 0.1) is 6.54 Å². The van der Waals surface area contributed by atoms with Crippen LogP contribution in [-0.4, -0.2) is 26.5 Å². The van der Waals surface area contributed by atoms with E-state index in [9.17, 15) is 19.1 Å². The minimum Gasteiger partial charge on any atom is -0.303 e. The molecule has 3 aromatic carbocycles. The molecular weight excluding hydrogens is 477 g/mol. The van der Waals surface area contributed by atoms with E-state index < -0.39 is 19.0 Å². The molecule has 8 heteroatoms. The normalized spacial score (nSPS) is 12.4. The molecule has 7 nitrogen and oxygen atoms in total. The molecule has 0 bridgehead atoms. The van der Waals surface area contributed by atoms with Gasteiger partial charge in [-0.2, -0.15) is 0 Å². The molecule has 0 aliphatic carbocycles. The molecule has 0 radical (unpaired) electrons. The Morgan fingerprint density at radius 2 is 1.22 bits per heavy atom. The average molecular weight is 512 g/mol. The molecule has 0 heterocycles. The number of benzene rings is 3. The fourth-order valence-corrected chi connectivity index (χ4v) is 4.42. The smallest absolute Gasteiger partial charge is 0.303 e. The second-order valence-electron chi connectivity index (χ2n) is 9.47. The van der Waals surface area contributed by atoms with Crippen LogP contribution in [0.15, 0.2) is 91.0 Å². The van der Waals surface area contributed by atoms with E-state index >= 15 is 0 Å². The Morgan fingerprint density at radius 1 is 0.806 bits per heavy atom. The molecule has 0 aromatic heterocycles. The largest absolute Gasteiger partial charge is 0.472 e. The molecule has 0 fully saturated rings. The minimum atomic E-state index is -5.04. The Balaban J connectivity index is 2.11. The maximum atomic E-state index is 13.7. The van der Waals surface area contributed by atoms with Gasteiger partial charge < -0.3 is 9.79 Å². The van der Waals surface area contributed by atoms with Gasteiger partial charge in [-0.3, -0.25) is 9.32 Å². The first-order chi connectivity index (χ1) is 17.0. The highest BCUT2D eigenvalue weighted by Crippen LogP contribution is 2.45. The topological polar surface area (TPSA) is 96.3 Å². The summed E-state index contributed by atoms with van der Waals surface area (Å²) in [5.41, 5.74) is 1.51. The van der Waals surface area contributed by atoms with Crippen molar-refractivity contribution in [3.8, 4) is 0 Å². The van der Waals surface area contributed by atoms with Crippen molar-refractivity contribution >= 4 is 13.7 Å². The highest BCUT2D eigenvalue weighted by atomic mass is 31.2. The molecule has 0 saturated carbocycles. The second kappa shape index (κ2) is 12.0. The fourth-order valence-electron chi connectivity index (χ4n) is 3.82. The zero-order valence-corrected chi connectivity index (χ0v) is 21.8. The molecular formula is C28H34NO6P. The van der Waals surface area contributed by atoms with Gasteiger partial charge in [-0.15, -0.1) is 0 Å². The number of hydrogen-bond acceptors (Lipinski definition) is 4. The SMILES string of the molecule is CCC(C)(C)C(=O)N(Cc1ccccc1)OC(Cc1ccccc1)(Cc1ccccc1)OP(=O)(O)O. The lowest BCUT2D eigenvalue weighted by Crippen LogP contribution is -2.50. The molecule has 1 amide bonds. The average Bonchev–Trinajstić information content (AvgIpc) is 2.84. The molecule has 0 aliphatic rings. The monoisotopic (exact) mass is 511 g/mol. The summed E-state index contributed by atoms with van der Waals surface area (Å²) < 4.78 is 17.7. The number of phosphoric ester groups is 1. The summed E-state index contributed by atoms with van der Waals surface area (Å²) in [6, 6.07) is 27.6. The van der Waals surface area contributed by atoms with Crippen molar-refractivity contribution < 1.29 is 28.5 Å². The van der Waals surface area contributed by atoms with E-state index in [1.54, 1.807) is 0 Å². The lowest BCUT2D eigenvalue weighted by Gasteiger charge is -2.40. The standard InChI is InChI=1S/C28H34NO6P/c1-4-27(2,3)26(30)29(22-25-18-12-7-13-19-25)34-28(35-36(31,32)33,20-23-14-8-5-9-15-23)21-24-16-10-6-11-17-24/h5-19H,4,20-22H2,1-3H3,(H2,31,32,33). The molecule has 0 aliphatic heterocycles. The van der Waals surface area contributed by atoms with Crippen LogP contribution < -0.4 is 0 Å². The third-order valence-corrected chi connectivity index (χ3v) is 6.62. The summed E-state index contributed by atoms with van der Waals surface area (Å²) in [6.45, 7) is 5.62. The molecule has 0 spiro atoms. The predicted octanol–water partition coefficient (Wildman–Crippen LogP) is 5.67. The molecule has 3 rings (SSSR count). The van der Waals surface area contributed by atoms with E-state index in [4.69, 9.17) is 9.36 Å². The van der Waals surface area contributed by atoms with Crippen LogP contribution in [0.4, 0.5) is 0 Å². The van der Waals surface area contributed by atoms with Crippen molar-refractivity contribution in [3.05, 3.63) is 108 Å². The first-order valence-electron chi connectivity index (χ1n) is 11.9. The van der Waals surface area contributed by atoms with Gasteiger partial charge in [-0.05, 0) is 23.1 Å². The minimum absolute atomic E-state index is 0.00102. The van der Waals surface area contributed by atoms with Gasteiger partial charge in [0.15, 0.2) is 0 Å². The van der Waals surface area contributed by atoms with Gasteiger partial charge in [0.1, 0.15) is 0 Å². The number of nitrogens with zero attached hydrogens (tertiary/aromatic N) is 1. The zero-order chi connectivity index (χ0) is 26.2. The number of carbonyl (C=O) groups excluding carboxylic acids is 1. The van der Waals surface area contributed by atoms with Gasteiger partial charge in [0.25, 0.3) is 5.91 Å². The molecule has 36 heavy (non-hydrogen) atoms. The summed E-state index contributed by atoms with van der Waals surface area (Å²) in [4.78, 5) is 40.0. The van der Waals surface area contributed by atoms with Crippen molar-refractivity contribution in [3.63, 3.8) is 0 Å². The quantitative estimate of drug-likeness (QED) is 0.185. The van der Waals surface area contributed by atoms with Crippen LogP contribution in [-0.2, 0) is 38.1 Å². The highest BCUT2D eigenvalue weighted by molar-refractivity contribution is 7.46. The van der Waals surface area contributed by atoms with Crippen LogP contribution in [0.2, 0.25) is 0 Å². The number of carbonyl (C=O) groups is 1. The number of amides is 1. The molecule has 0 unspecified atom stereocenters. The van der Waals surface area contributed by atoms with E-state index in [0.717, 1.165) is 16.7 Å². The zero-order valence-electron chi connectivity index (χ0n) is 20.9. The maximum absolute atomic E-state index is 13.7. The first kappa shape index (κ1) is 27.8. The molecule has 192 valence electrons. The summed E-state index contributed by atoms with van der Waals surface area (Å²) in [5, 5.41) is 1.19. The van der Waals surface area contributed by atoms with E-state index in [1.807, 2.05) is 112 Å². The van der Waals surface area contributed by atoms with E-state index in [1.165, 1.54) is 5.06 Å². The maximum Gasteiger partial charge on any atom is 0.472 e. The highest BCUT2D eigenvalue weighted by Gasteiger charge is 2.44. The Bertz CT molecular complexity index is 1110. The van der Waals surface area contributed by atoms with Gasteiger partial charge in [-0.1, -0.05) is 112 Å². The van der Waals surface area contributed by atoms with Gasteiger partial charge in [0, 0.05) is 18.3 Å². The summed E-state index contributed by atoms with van der Waals surface area (Å²) in [5.74, 6) is -2.18. The summed E-state index contributed by atoms with van der Waals surface area (Å²) >= 11 is 0. The van der Waals surface area contributed by atoms with E-state index in [0.29, 0.717) is 6.42 Å². The van der Waals surface area contributed by atoms with Crippen molar-refractivity contribution in [1.82, 2.24) is 5.06 Å². The van der Waals surface area contributed by atoms with Gasteiger partial charge in [0.2, 0.25) is 5.79 Å². The number of rotatable bonds is 12. The second-order valence-corrected chi connectivity index (χ2v) is 10.6. The van der Waals surface area contributed by atoms with Crippen molar-refractivity contribution in [1.29, 1.82) is 0 Å². The lowest BCUT2D eigenvalue weighted by molar-refractivity contribution is -0.315. The molecule has 3 aromatic rings. The van der Waals surface area contributed by atoms with Crippen LogP contribution in [0, 0.1) is 5.41 Å². The molecule has 0 atom stereocenters. The number of phosphoric acid groups is 1.